The van der Waals surface area contributed by atoms with Crippen molar-refractivity contribution in [2.24, 2.45) is 0 Å². The molecule has 0 aromatic carbocycles. The Morgan fingerprint density at radius 1 is 1.28 bits per heavy atom. The lowest BCUT2D eigenvalue weighted by molar-refractivity contribution is 0.309. The zero-order chi connectivity index (χ0) is 19.8. The van der Waals surface area contributed by atoms with E-state index in [1.807, 2.05) is 35.7 Å². The summed E-state index contributed by atoms with van der Waals surface area (Å²) < 4.78 is 0. The van der Waals surface area contributed by atoms with Crippen LogP contribution in [0, 0.1) is 0 Å². The zero-order valence-corrected chi connectivity index (χ0v) is 16.8. The van der Waals surface area contributed by atoms with Gasteiger partial charge in [-0.15, -0.1) is 11.3 Å². The van der Waals surface area contributed by atoms with E-state index in [-0.39, 0.29) is 5.56 Å². The van der Waals surface area contributed by atoms with Crippen LogP contribution in [-0.4, -0.2) is 38.4 Å². The second-order valence-corrected chi connectivity index (χ2v) is 8.11. The third-order valence-corrected chi connectivity index (χ3v) is 5.95. The topological polar surface area (TPSA) is 86.8 Å². The molecule has 4 aromatic heterocycles. The Morgan fingerprint density at radius 2 is 2.21 bits per heavy atom. The molecule has 0 unspecified atom stereocenters. The number of fused-ring (bicyclic) bond motifs is 2. The molecule has 0 atom stereocenters. The van der Waals surface area contributed by atoms with Crippen molar-refractivity contribution in [2.75, 3.05) is 18.9 Å². The van der Waals surface area contributed by atoms with Gasteiger partial charge in [0.2, 0.25) is 0 Å². The molecular formula is C21H20N6OS. The predicted octanol–water partition coefficient (Wildman–Crippen LogP) is 3.04. The molecule has 5 heterocycles. The van der Waals surface area contributed by atoms with Crippen LogP contribution in [0.3, 0.4) is 0 Å². The zero-order valence-electron chi connectivity index (χ0n) is 16.0. The quantitative estimate of drug-likeness (QED) is 0.544. The van der Waals surface area contributed by atoms with Crippen molar-refractivity contribution in [1.29, 1.82) is 0 Å². The van der Waals surface area contributed by atoms with Gasteiger partial charge in [0.15, 0.2) is 5.82 Å². The number of likely N-dealkylation sites (N-methyl/N-ethyl adjacent to an activating group) is 1. The van der Waals surface area contributed by atoms with Crippen LogP contribution in [-0.2, 0) is 19.5 Å². The molecule has 7 nitrogen and oxygen atoms in total. The van der Waals surface area contributed by atoms with Crippen molar-refractivity contribution in [1.82, 2.24) is 24.8 Å². The average molecular weight is 404 g/mol. The average Bonchev–Trinajstić information content (AvgIpc) is 3.22. The van der Waals surface area contributed by atoms with Gasteiger partial charge in [-0.2, -0.15) is 0 Å². The number of aromatic nitrogens is 4. The summed E-state index contributed by atoms with van der Waals surface area (Å²) in [5.41, 5.74) is 3.63. The minimum absolute atomic E-state index is 0.0404. The fourth-order valence-corrected chi connectivity index (χ4v) is 4.37. The molecule has 0 amide bonds. The van der Waals surface area contributed by atoms with Crippen LogP contribution < -0.4 is 10.9 Å². The Balaban J connectivity index is 1.48. The number of H-pyrrole nitrogens is 1. The summed E-state index contributed by atoms with van der Waals surface area (Å²) >= 11 is 1.56. The summed E-state index contributed by atoms with van der Waals surface area (Å²) in [6.07, 6.45) is 2.61. The van der Waals surface area contributed by atoms with Gasteiger partial charge in [-0.25, -0.2) is 9.97 Å². The van der Waals surface area contributed by atoms with Crippen LogP contribution >= 0.6 is 11.3 Å². The van der Waals surface area contributed by atoms with E-state index < -0.39 is 0 Å². The first kappa shape index (κ1) is 18.0. The molecule has 0 saturated carbocycles. The summed E-state index contributed by atoms with van der Waals surface area (Å²) in [7, 11) is 2.10. The van der Waals surface area contributed by atoms with E-state index in [2.05, 4.69) is 37.2 Å². The standard InChI is InChI=1S/C21H20N6OS/c1-27-8-5-16-14(12-27)10-13(20(28)24-16)11-23-18-15-6-9-29-21(15)26-19(25-18)17-4-2-3-7-22-17/h2-4,6-7,9-10H,5,8,11-12H2,1H3,(H,24,28)(H,23,25,26). The number of nitrogens with zero attached hydrogens (tertiary/aromatic N) is 4. The minimum Gasteiger partial charge on any atom is -0.365 e. The fourth-order valence-electron chi connectivity index (χ4n) is 3.61. The van der Waals surface area contributed by atoms with Gasteiger partial charge in [-0.1, -0.05) is 6.07 Å². The van der Waals surface area contributed by atoms with Gasteiger partial charge in [0.05, 0.1) is 5.39 Å². The molecule has 0 radical (unpaired) electrons. The lowest BCUT2D eigenvalue weighted by Crippen LogP contribution is -2.30. The summed E-state index contributed by atoms with van der Waals surface area (Å²) in [5.74, 6) is 1.29. The molecule has 2 N–H and O–H groups in total. The largest absolute Gasteiger partial charge is 0.365 e. The highest BCUT2D eigenvalue weighted by Crippen LogP contribution is 2.28. The molecule has 0 bridgehead atoms. The molecule has 4 aromatic rings. The third-order valence-electron chi connectivity index (χ3n) is 5.14. The van der Waals surface area contributed by atoms with Crippen molar-refractivity contribution < 1.29 is 0 Å². The van der Waals surface area contributed by atoms with Crippen molar-refractivity contribution in [3.05, 3.63) is 69.1 Å². The van der Waals surface area contributed by atoms with E-state index in [1.165, 1.54) is 5.56 Å². The van der Waals surface area contributed by atoms with Gasteiger partial charge in [0, 0.05) is 43.5 Å². The van der Waals surface area contributed by atoms with E-state index in [1.54, 1.807) is 17.5 Å². The monoisotopic (exact) mass is 404 g/mol. The first-order valence-electron chi connectivity index (χ1n) is 9.50. The van der Waals surface area contributed by atoms with Gasteiger partial charge in [-0.05, 0) is 42.3 Å². The highest BCUT2D eigenvalue weighted by molar-refractivity contribution is 7.16. The van der Waals surface area contributed by atoms with Crippen LogP contribution in [0.4, 0.5) is 5.82 Å². The number of hydrogen-bond donors (Lipinski definition) is 2. The summed E-state index contributed by atoms with van der Waals surface area (Å²) in [6.45, 7) is 2.22. The molecule has 5 rings (SSSR count). The predicted molar refractivity (Wildman–Crippen MR) is 115 cm³/mol. The normalized spacial score (nSPS) is 14.1. The first-order chi connectivity index (χ1) is 14.2. The van der Waals surface area contributed by atoms with Gasteiger partial charge < -0.3 is 15.2 Å². The van der Waals surface area contributed by atoms with E-state index in [0.29, 0.717) is 23.8 Å². The smallest absolute Gasteiger partial charge is 0.253 e. The Bertz CT molecular complexity index is 1230. The van der Waals surface area contributed by atoms with Crippen molar-refractivity contribution in [2.45, 2.75) is 19.5 Å². The number of nitrogens with one attached hydrogen (secondary N) is 2. The van der Waals surface area contributed by atoms with Crippen molar-refractivity contribution in [3.63, 3.8) is 0 Å². The highest BCUT2D eigenvalue weighted by atomic mass is 32.1. The SMILES string of the molecule is CN1CCc2[nH]c(=O)c(CNc3nc(-c4ccccn4)nc4sccc34)cc2C1. The van der Waals surface area contributed by atoms with Gasteiger partial charge >= 0.3 is 0 Å². The Kier molecular flexibility index (Phi) is 4.57. The number of anilines is 1. The number of aromatic amines is 1. The van der Waals surface area contributed by atoms with Gasteiger partial charge in [0.1, 0.15) is 16.3 Å². The molecule has 1 aliphatic rings. The Morgan fingerprint density at radius 3 is 3.07 bits per heavy atom. The van der Waals surface area contributed by atoms with E-state index >= 15 is 0 Å². The van der Waals surface area contributed by atoms with Crippen molar-refractivity contribution >= 4 is 27.4 Å². The molecule has 146 valence electrons. The minimum atomic E-state index is -0.0404. The van der Waals surface area contributed by atoms with Crippen LogP contribution in [0.25, 0.3) is 21.7 Å². The van der Waals surface area contributed by atoms with E-state index in [9.17, 15) is 4.79 Å². The van der Waals surface area contributed by atoms with E-state index in [4.69, 9.17) is 0 Å². The highest BCUT2D eigenvalue weighted by Gasteiger charge is 2.17. The number of rotatable bonds is 4. The van der Waals surface area contributed by atoms with Crippen LogP contribution in [0.15, 0.2) is 46.7 Å². The summed E-state index contributed by atoms with van der Waals surface area (Å²) in [4.78, 5) is 32.4. The van der Waals surface area contributed by atoms with Crippen molar-refractivity contribution in [3.8, 4) is 11.5 Å². The number of thiophene rings is 1. The second-order valence-electron chi connectivity index (χ2n) is 7.22. The summed E-state index contributed by atoms with van der Waals surface area (Å²) in [6, 6.07) is 9.69. The number of hydrogen-bond acceptors (Lipinski definition) is 7. The maximum atomic E-state index is 12.5. The fraction of sp³-hybridized carbons (Fsp3) is 0.238. The molecule has 0 fully saturated rings. The van der Waals surface area contributed by atoms with Crippen LogP contribution in [0.2, 0.25) is 0 Å². The Hall–Kier alpha value is -3.10. The second kappa shape index (κ2) is 7.38. The van der Waals surface area contributed by atoms with Gasteiger partial charge in [-0.3, -0.25) is 9.78 Å². The van der Waals surface area contributed by atoms with Gasteiger partial charge in [0.25, 0.3) is 5.56 Å². The first-order valence-corrected chi connectivity index (χ1v) is 10.4. The Labute approximate surface area is 171 Å². The lowest BCUT2D eigenvalue weighted by atomic mass is 10.0. The molecular weight excluding hydrogens is 384 g/mol. The molecule has 0 saturated heterocycles. The van der Waals surface area contributed by atoms with E-state index in [0.717, 1.165) is 41.1 Å². The molecule has 0 aliphatic carbocycles. The van der Waals surface area contributed by atoms with Crippen LogP contribution in [0.1, 0.15) is 16.8 Å². The van der Waals surface area contributed by atoms with Crippen LogP contribution in [0.5, 0.6) is 0 Å². The lowest BCUT2D eigenvalue weighted by Gasteiger charge is -2.24. The summed E-state index contributed by atoms with van der Waals surface area (Å²) in [5, 5.41) is 6.30. The molecule has 1 aliphatic heterocycles. The maximum absolute atomic E-state index is 12.5. The maximum Gasteiger partial charge on any atom is 0.253 e. The molecule has 29 heavy (non-hydrogen) atoms. The molecule has 0 spiro atoms. The number of pyridine rings is 2. The third kappa shape index (κ3) is 3.52. The molecule has 8 heteroatoms.